The summed E-state index contributed by atoms with van der Waals surface area (Å²) in [7, 11) is 0. The highest BCUT2D eigenvalue weighted by atomic mass is 16.5. The summed E-state index contributed by atoms with van der Waals surface area (Å²) in [5.74, 6) is -1.49. The molecule has 1 N–H and O–H groups in total. The van der Waals surface area contributed by atoms with Gasteiger partial charge in [0.05, 0.1) is 17.7 Å². The number of hydrogen-bond acceptors (Lipinski definition) is 3. The van der Waals surface area contributed by atoms with Crippen LogP contribution in [0, 0.1) is 6.92 Å². The van der Waals surface area contributed by atoms with Gasteiger partial charge in [0.15, 0.2) is 0 Å². The summed E-state index contributed by atoms with van der Waals surface area (Å²) in [5.41, 5.74) is 1.15. The lowest BCUT2D eigenvalue weighted by atomic mass is 10.1. The first-order valence-corrected chi connectivity index (χ1v) is 7.56. The Labute approximate surface area is 126 Å². The highest BCUT2D eigenvalue weighted by molar-refractivity contribution is 5.94. The monoisotopic (exact) mass is 292 g/mol. The molecule has 0 atom stereocenters. The number of carboxylic acids is 1. The van der Waals surface area contributed by atoms with E-state index >= 15 is 0 Å². The van der Waals surface area contributed by atoms with Crippen molar-refractivity contribution in [3.63, 3.8) is 0 Å². The van der Waals surface area contributed by atoms with E-state index in [2.05, 4.69) is 6.92 Å². The van der Waals surface area contributed by atoms with Gasteiger partial charge in [0.1, 0.15) is 0 Å². The average Bonchev–Trinajstić information content (AvgIpc) is 2.45. The number of ether oxygens (including phenoxy) is 1. The predicted octanol–water partition coefficient (Wildman–Crippen LogP) is 4.21. The molecule has 0 heterocycles. The van der Waals surface area contributed by atoms with Crippen LogP contribution in [0.3, 0.4) is 0 Å². The van der Waals surface area contributed by atoms with E-state index in [1.165, 1.54) is 37.8 Å². The minimum atomic E-state index is -1.04. The van der Waals surface area contributed by atoms with Gasteiger partial charge in [-0.2, -0.15) is 0 Å². The quantitative estimate of drug-likeness (QED) is 0.547. The Morgan fingerprint density at radius 2 is 1.62 bits per heavy atom. The van der Waals surface area contributed by atoms with Crippen LogP contribution in [-0.2, 0) is 4.74 Å². The van der Waals surface area contributed by atoms with Crippen molar-refractivity contribution in [2.24, 2.45) is 0 Å². The Hall–Kier alpha value is -1.84. The zero-order chi connectivity index (χ0) is 15.7. The second-order valence-electron chi connectivity index (χ2n) is 5.30. The van der Waals surface area contributed by atoms with Crippen LogP contribution in [0.25, 0.3) is 0 Å². The van der Waals surface area contributed by atoms with E-state index in [4.69, 9.17) is 9.84 Å². The second kappa shape index (κ2) is 9.16. The third kappa shape index (κ3) is 6.43. The molecule has 0 saturated heterocycles. The maximum atomic E-state index is 11.9. The summed E-state index contributed by atoms with van der Waals surface area (Å²) >= 11 is 0. The number of carbonyl (C=O) groups is 2. The Bertz CT molecular complexity index is 480. The Kier molecular flexibility index (Phi) is 7.51. The fraction of sp³-hybridized carbons (Fsp3) is 0.529. The Balaban J connectivity index is 2.40. The van der Waals surface area contributed by atoms with E-state index in [1.807, 2.05) is 0 Å². The van der Waals surface area contributed by atoms with E-state index in [9.17, 15) is 9.59 Å². The Morgan fingerprint density at radius 1 is 1.00 bits per heavy atom. The van der Waals surface area contributed by atoms with Crippen LogP contribution < -0.4 is 0 Å². The summed E-state index contributed by atoms with van der Waals surface area (Å²) in [6, 6.07) is 4.54. The molecule has 4 nitrogen and oxygen atoms in total. The smallest absolute Gasteiger partial charge is 0.338 e. The van der Waals surface area contributed by atoms with Gasteiger partial charge in [-0.05, 0) is 37.1 Å². The molecule has 0 aliphatic heterocycles. The SMILES string of the molecule is CCCCCCCCOC(=O)c1cc(C)cc(C(=O)O)c1. The minimum absolute atomic E-state index is 0.113. The van der Waals surface area contributed by atoms with E-state index in [0.717, 1.165) is 18.4 Å². The van der Waals surface area contributed by atoms with Gasteiger partial charge < -0.3 is 9.84 Å². The summed E-state index contributed by atoms with van der Waals surface area (Å²) < 4.78 is 5.19. The second-order valence-corrected chi connectivity index (χ2v) is 5.30. The normalized spacial score (nSPS) is 10.4. The van der Waals surface area contributed by atoms with Gasteiger partial charge in [0.25, 0.3) is 0 Å². The van der Waals surface area contributed by atoms with Gasteiger partial charge in [-0.25, -0.2) is 9.59 Å². The topological polar surface area (TPSA) is 63.6 Å². The number of rotatable bonds is 9. The first-order chi connectivity index (χ1) is 10.0. The van der Waals surface area contributed by atoms with E-state index in [-0.39, 0.29) is 5.56 Å². The number of aryl methyl sites for hydroxylation is 1. The highest BCUT2D eigenvalue weighted by Crippen LogP contribution is 2.12. The van der Waals surface area contributed by atoms with Crippen LogP contribution in [0.2, 0.25) is 0 Å². The van der Waals surface area contributed by atoms with Crippen molar-refractivity contribution in [3.05, 3.63) is 34.9 Å². The van der Waals surface area contributed by atoms with E-state index in [1.54, 1.807) is 13.0 Å². The lowest BCUT2D eigenvalue weighted by Gasteiger charge is -2.07. The molecule has 116 valence electrons. The third-order valence-electron chi connectivity index (χ3n) is 3.29. The van der Waals surface area contributed by atoms with Gasteiger partial charge in [0.2, 0.25) is 0 Å². The van der Waals surface area contributed by atoms with Crippen LogP contribution in [0.15, 0.2) is 18.2 Å². The lowest BCUT2D eigenvalue weighted by Crippen LogP contribution is -2.08. The van der Waals surface area contributed by atoms with Crippen molar-refractivity contribution in [1.82, 2.24) is 0 Å². The minimum Gasteiger partial charge on any atom is -0.478 e. The van der Waals surface area contributed by atoms with Crippen molar-refractivity contribution in [2.75, 3.05) is 6.61 Å². The fourth-order valence-electron chi connectivity index (χ4n) is 2.16. The standard InChI is InChI=1S/C17H24O4/c1-3-4-5-6-7-8-9-21-17(20)15-11-13(2)10-14(12-15)16(18)19/h10-12H,3-9H2,1-2H3,(H,18,19). The number of unbranched alkanes of at least 4 members (excludes halogenated alkanes) is 5. The molecule has 0 aliphatic rings. The van der Waals surface area contributed by atoms with Crippen molar-refractivity contribution < 1.29 is 19.4 Å². The van der Waals surface area contributed by atoms with Crippen molar-refractivity contribution in [3.8, 4) is 0 Å². The molecule has 1 aromatic rings. The predicted molar refractivity (Wildman–Crippen MR) is 81.8 cm³/mol. The summed E-state index contributed by atoms with van der Waals surface area (Å²) in [5, 5.41) is 8.98. The fourth-order valence-corrected chi connectivity index (χ4v) is 2.16. The molecule has 1 rings (SSSR count). The molecule has 21 heavy (non-hydrogen) atoms. The summed E-state index contributed by atoms with van der Waals surface area (Å²) in [6.07, 6.45) is 6.77. The first-order valence-electron chi connectivity index (χ1n) is 7.56. The number of carbonyl (C=O) groups excluding carboxylic acids is 1. The molecule has 0 aliphatic carbocycles. The van der Waals surface area contributed by atoms with Crippen LogP contribution in [0.5, 0.6) is 0 Å². The maximum Gasteiger partial charge on any atom is 0.338 e. The van der Waals surface area contributed by atoms with Gasteiger partial charge in [-0.15, -0.1) is 0 Å². The van der Waals surface area contributed by atoms with Gasteiger partial charge in [-0.3, -0.25) is 0 Å². The molecule has 4 heteroatoms. The number of hydrogen-bond donors (Lipinski definition) is 1. The first kappa shape index (κ1) is 17.2. The molecule has 0 saturated carbocycles. The van der Waals surface area contributed by atoms with E-state index < -0.39 is 11.9 Å². The molecular weight excluding hydrogens is 268 g/mol. The molecule has 0 unspecified atom stereocenters. The van der Waals surface area contributed by atoms with Crippen LogP contribution in [0.1, 0.15) is 71.7 Å². The number of esters is 1. The molecule has 0 fully saturated rings. The molecule has 0 aromatic heterocycles. The van der Waals surface area contributed by atoms with Crippen molar-refractivity contribution >= 4 is 11.9 Å². The van der Waals surface area contributed by atoms with Crippen molar-refractivity contribution in [1.29, 1.82) is 0 Å². The maximum absolute atomic E-state index is 11.9. The molecule has 0 bridgehead atoms. The van der Waals surface area contributed by atoms with E-state index in [0.29, 0.717) is 12.2 Å². The molecule has 0 spiro atoms. The summed E-state index contributed by atoms with van der Waals surface area (Å²) in [6.45, 7) is 4.33. The molecular formula is C17H24O4. The highest BCUT2D eigenvalue weighted by Gasteiger charge is 2.12. The third-order valence-corrected chi connectivity index (χ3v) is 3.29. The van der Waals surface area contributed by atoms with Gasteiger partial charge in [0, 0.05) is 0 Å². The van der Waals surface area contributed by atoms with Crippen molar-refractivity contribution in [2.45, 2.75) is 52.4 Å². The zero-order valence-electron chi connectivity index (χ0n) is 12.9. The molecule has 0 radical (unpaired) electrons. The van der Waals surface area contributed by atoms with Crippen LogP contribution in [0.4, 0.5) is 0 Å². The number of carboxylic acid groups (broad SMARTS) is 1. The zero-order valence-corrected chi connectivity index (χ0v) is 12.9. The Morgan fingerprint density at radius 3 is 2.29 bits per heavy atom. The molecule has 0 amide bonds. The van der Waals surface area contributed by atoms with Gasteiger partial charge >= 0.3 is 11.9 Å². The van der Waals surface area contributed by atoms with Crippen LogP contribution >= 0.6 is 0 Å². The van der Waals surface area contributed by atoms with Gasteiger partial charge in [-0.1, -0.05) is 39.0 Å². The number of aromatic carboxylic acids is 1. The summed E-state index contributed by atoms with van der Waals surface area (Å²) in [4.78, 5) is 22.9. The van der Waals surface area contributed by atoms with Crippen LogP contribution in [-0.4, -0.2) is 23.7 Å². The average molecular weight is 292 g/mol. The number of benzene rings is 1. The molecule has 1 aromatic carbocycles. The largest absolute Gasteiger partial charge is 0.478 e. The lowest BCUT2D eigenvalue weighted by molar-refractivity contribution is 0.0497.